The fraction of sp³-hybridized carbons (Fsp3) is 0.333. The van der Waals surface area contributed by atoms with E-state index >= 15 is 0 Å². The molecule has 0 saturated heterocycles. The highest BCUT2D eigenvalue weighted by Gasteiger charge is 2.50. The van der Waals surface area contributed by atoms with Gasteiger partial charge in [0.1, 0.15) is 11.2 Å². The van der Waals surface area contributed by atoms with Crippen molar-refractivity contribution in [2.45, 2.75) is 154 Å². The molecule has 0 amide bonds. The second kappa shape index (κ2) is 16.3. The van der Waals surface area contributed by atoms with Gasteiger partial charge in [0.2, 0.25) is 0 Å². The summed E-state index contributed by atoms with van der Waals surface area (Å²) in [5, 5.41) is 2.27. The van der Waals surface area contributed by atoms with Gasteiger partial charge >= 0.3 is 0 Å². The van der Waals surface area contributed by atoms with Gasteiger partial charge in [-0.25, -0.2) is 0 Å². The second-order valence-corrected chi connectivity index (χ2v) is 27.7. The number of fused-ring (bicyclic) bond motifs is 10. The van der Waals surface area contributed by atoms with E-state index in [-0.39, 0.29) is 39.2 Å². The van der Waals surface area contributed by atoms with E-state index in [1.54, 1.807) is 0 Å². The number of furan rings is 1. The Balaban J connectivity index is 1.18. The van der Waals surface area contributed by atoms with Gasteiger partial charge in [-0.2, -0.15) is 0 Å². The van der Waals surface area contributed by atoms with Crippen LogP contribution in [0.3, 0.4) is 0 Å². The second-order valence-electron chi connectivity index (χ2n) is 27.7. The molecule has 0 atom stereocenters. The molecule has 386 valence electrons. The molecule has 5 aliphatic rings. The van der Waals surface area contributed by atoms with Gasteiger partial charge in [-0.3, -0.25) is 0 Å². The van der Waals surface area contributed by atoms with Crippen molar-refractivity contribution in [1.82, 2.24) is 0 Å². The third kappa shape index (κ3) is 7.17. The molecule has 3 aliphatic carbocycles. The molecule has 0 radical (unpaired) electrons. The maximum absolute atomic E-state index is 6.81. The van der Waals surface area contributed by atoms with Crippen LogP contribution < -0.4 is 31.1 Å². The van der Waals surface area contributed by atoms with Crippen molar-refractivity contribution < 1.29 is 4.42 Å². The van der Waals surface area contributed by atoms with Crippen LogP contribution in [-0.2, 0) is 32.5 Å². The lowest BCUT2D eigenvalue weighted by Crippen LogP contribution is -2.62. The third-order valence-electron chi connectivity index (χ3n) is 20.0. The lowest BCUT2D eigenvalue weighted by molar-refractivity contribution is 0.332. The molecule has 0 bridgehead atoms. The first-order valence-electron chi connectivity index (χ1n) is 28.8. The van der Waals surface area contributed by atoms with E-state index < -0.39 is 0 Å². The maximum atomic E-state index is 6.81. The molecule has 0 fully saturated rings. The van der Waals surface area contributed by atoms with Gasteiger partial charge in [0, 0.05) is 45.2 Å². The smallest absolute Gasteiger partial charge is 0.252 e. The lowest BCUT2D eigenvalue weighted by atomic mass is 9.32. The van der Waals surface area contributed by atoms with Gasteiger partial charge in [-0.15, -0.1) is 0 Å². The summed E-state index contributed by atoms with van der Waals surface area (Å²) in [6.07, 6.45) is 6.90. The Bertz CT molecular complexity index is 3870. The number of anilines is 9. The first-order valence-corrected chi connectivity index (χ1v) is 28.8. The van der Waals surface area contributed by atoms with E-state index in [0.717, 1.165) is 76.8 Å². The largest absolute Gasteiger partial charge is 0.456 e. The van der Waals surface area contributed by atoms with Crippen molar-refractivity contribution >= 4 is 96.2 Å². The Hall–Kier alpha value is -6.98. The molecule has 0 N–H and O–H groups in total. The van der Waals surface area contributed by atoms with Gasteiger partial charge in [0.05, 0.1) is 16.8 Å². The number of hydrogen-bond donors (Lipinski definition) is 0. The number of hydrogen-bond acceptors (Lipinski definition) is 4. The number of rotatable bonds is 5. The summed E-state index contributed by atoms with van der Waals surface area (Å²) in [5.74, 6) is 0. The van der Waals surface area contributed by atoms with Crippen LogP contribution in [0, 0.1) is 0 Å². The van der Waals surface area contributed by atoms with E-state index in [4.69, 9.17) is 4.42 Å². The number of nitrogens with zero attached hydrogens (tertiary/aromatic N) is 3. The number of para-hydroxylation sites is 3. The number of benzene rings is 8. The highest BCUT2D eigenvalue weighted by atomic mass is 16.3. The Morgan fingerprint density at radius 1 is 0.364 bits per heavy atom. The Morgan fingerprint density at radius 3 is 1.35 bits per heavy atom. The van der Waals surface area contributed by atoms with Crippen molar-refractivity contribution in [3.05, 3.63) is 191 Å². The highest BCUT2D eigenvalue weighted by Crippen LogP contribution is 2.56. The minimum Gasteiger partial charge on any atom is -0.456 e. The Morgan fingerprint density at radius 2 is 0.805 bits per heavy atom. The molecule has 0 unspecified atom stereocenters. The standard InChI is InChI=1S/C72H74BN3O/c1-67(2)32-33-68(3,4)51-38-47(30-31-50(51)67)75-59-43-54-52(69(5,6)34-36-71(54,9)10)41-56(59)73-57-42-53-55(72(11,12)37-35-70(53,7)8)44-60(57)76(58-27-21-29-64-65(58)49-26-19-20-28-63(49)77-64)62-40-48(39-61(75)66(62)73)74(45-22-15-13-16-23-45)46-24-17-14-18-25-46/h13-31,38-44H,32-37H2,1-12H3. The normalized spacial score (nSPS) is 19.4. The van der Waals surface area contributed by atoms with Crippen LogP contribution in [-0.4, -0.2) is 6.71 Å². The molecule has 2 aliphatic heterocycles. The zero-order chi connectivity index (χ0) is 53.3. The summed E-state index contributed by atoms with van der Waals surface area (Å²) in [4.78, 5) is 7.88. The SMILES string of the molecule is CC1(C)CCC(C)(C)c2cc(N3c4cc5c(cc4B4c6cc7c(cc6N(c6cccc8oc9ccccc9c68)c6cc(N(c8ccccc8)c8ccccc8)cc3c64)C(C)(C)CCC7(C)C)C(C)(C)CCC5(C)C)ccc21. The van der Waals surface area contributed by atoms with Crippen LogP contribution in [0.2, 0.25) is 0 Å². The molecule has 1 aromatic heterocycles. The first kappa shape index (κ1) is 48.4. The summed E-state index contributed by atoms with van der Waals surface area (Å²) in [7, 11) is 0. The molecule has 0 saturated carbocycles. The average molecular weight is 1010 g/mol. The summed E-state index contributed by atoms with van der Waals surface area (Å²) < 4.78 is 6.81. The fourth-order valence-corrected chi connectivity index (χ4v) is 15.0. The Kier molecular flexibility index (Phi) is 10.2. The quantitative estimate of drug-likeness (QED) is 0.160. The molecule has 0 spiro atoms. The summed E-state index contributed by atoms with van der Waals surface area (Å²) in [5.41, 5.74) is 25.6. The summed E-state index contributed by atoms with van der Waals surface area (Å²) in [6.45, 7) is 29.8. The predicted molar refractivity (Wildman–Crippen MR) is 328 cm³/mol. The van der Waals surface area contributed by atoms with Crippen LogP contribution >= 0.6 is 0 Å². The van der Waals surface area contributed by atoms with E-state index in [9.17, 15) is 0 Å². The van der Waals surface area contributed by atoms with Gasteiger partial charge in [-0.1, -0.05) is 162 Å². The zero-order valence-corrected chi connectivity index (χ0v) is 47.6. The summed E-state index contributed by atoms with van der Waals surface area (Å²) in [6, 6.07) is 60.8. The van der Waals surface area contributed by atoms with Crippen molar-refractivity contribution in [3.63, 3.8) is 0 Å². The monoisotopic (exact) mass is 1010 g/mol. The van der Waals surface area contributed by atoms with E-state index in [1.165, 1.54) is 84.6 Å². The molecule has 77 heavy (non-hydrogen) atoms. The van der Waals surface area contributed by atoms with E-state index in [1.807, 2.05) is 0 Å². The van der Waals surface area contributed by atoms with Crippen LogP contribution in [0.15, 0.2) is 162 Å². The van der Waals surface area contributed by atoms with Crippen LogP contribution in [0.5, 0.6) is 0 Å². The van der Waals surface area contributed by atoms with Crippen LogP contribution in [0.4, 0.5) is 51.2 Å². The van der Waals surface area contributed by atoms with E-state index in [0.29, 0.717) is 0 Å². The zero-order valence-electron chi connectivity index (χ0n) is 47.6. The van der Waals surface area contributed by atoms with Crippen molar-refractivity contribution in [3.8, 4) is 0 Å². The molecule has 14 rings (SSSR count). The first-order chi connectivity index (χ1) is 36.6. The third-order valence-corrected chi connectivity index (χ3v) is 20.0. The minimum absolute atomic E-state index is 0.000124. The van der Waals surface area contributed by atoms with Crippen molar-refractivity contribution in [2.75, 3.05) is 14.7 Å². The average Bonchev–Trinajstić information content (AvgIpc) is 3.70. The molecule has 9 aromatic rings. The summed E-state index contributed by atoms with van der Waals surface area (Å²) >= 11 is 0. The van der Waals surface area contributed by atoms with E-state index in [2.05, 4.69) is 256 Å². The van der Waals surface area contributed by atoms with Gasteiger partial charge in [-0.05, 0) is 200 Å². The molecule has 5 heteroatoms. The molecule has 3 heterocycles. The van der Waals surface area contributed by atoms with Crippen LogP contribution in [0.1, 0.15) is 155 Å². The topological polar surface area (TPSA) is 22.9 Å². The molecular formula is C72H74BN3O. The molecular weight excluding hydrogens is 934 g/mol. The van der Waals surface area contributed by atoms with Crippen LogP contribution in [0.25, 0.3) is 21.9 Å². The molecule has 8 aromatic carbocycles. The van der Waals surface area contributed by atoms with Crippen molar-refractivity contribution in [2.24, 2.45) is 0 Å². The Labute approximate surface area is 458 Å². The van der Waals surface area contributed by atoms with Gasteiger partial charge in [0.25, 0.3) is 6.71 Å². The highest BCUT2D eigenvalue weighted by molar-refractivity contribution is 7.00. The fourth-order valence-electron chi connectivity index (χ4n) is 15.0. The van der Waals surface area contributed by atoms with Crippen molar-refractivity contribution in [1.29, 1.82) is 0 Å². The minimum atomic E-state index is -0.0565. The van der Waals surface area contributed by atoms with Gasteiger partial charge in [0.15, 0.2) is 0 Å². The lowest BCUT2D eigenvalue weighted by Gasteiger charge is -2.49. The molecule has 4 nitrogen and oxygen atoms in total. The maximum Gasteiger partial charge on any atom is 0.252 e. The predicted octanol–water partition coefficient (Wildman–Crippen LogP) is 18.2. The van der Waals surface area contributed by atoms with Gasteiger partial charge < -0.3 is 19.1 Å².